The number of nitrogens with one attached hydrogen (secondary N) is 1. The second-order valence-electron chi connectivity index (χ2n) is 7.61. The van der Waals surface area contributed by atoms with E-state index >= 15 is 0 Å². The molecule has 0 saturated carbocycles. The molecule has 1 saturated heterocycles. The highest BCUT2D eigenvalue weighted by molar-refractivity contribution is 5.91. The smallest absolute Gasteiger partial charge is 0.273 e. The Labute approximate surface area is 177 Å². The van der Waals surface area contributed by atoms with Crippen molar-refractivity contribution in [1.29, 1.82) is 0 Å². The molecule has 1 aromatic heterocycles. The molecular weight excluding hydrogens is 384 g/mol. The number of carbonyl (C=O) groups is 1. The number of ether oxygens (including phenoxy) is 1. The van der Waals surface area contributed by atoms with Crippen LogP contribution in [0.25, 0.3) is 0 Å². The van der Waals surface area contributed by atoms with E-state index in [-0.39, 0.29) is 5.91 Å². The molecule has 8 nitrogen and oxygen atoms in total. The average Bonchev–Trinajstić information content (AvgIpc) is 3.23. The number of aliphatic hydroxyl groups excluding tert-OH is 1. The predicted octanol–water partition coefficient (Wildman–Crippen LogP) is 1.51. The summed E-state index contributed by atoms with van der Waals surface area (Å²) in [7, 11) is 0. The standard InChI is InChI=1S/C22H32N4O4/c1-2-8-23-22(28)20-17-30-21(24-20)14-26-11-9-25(10-12-26)13-19(27)16-29-15-18-6-4-3-5-7-18/h3-7,17,19,27H,2,8-16H2,1H3,(H,23,28). The van der Waals surface area contributed by atoms with Crippen molar-refractivity contribution in [2.24, 2.45) is 0 Å². The molecule has 1 unspecified atom stereocenters. The third-order valence-corrected chi connectivity index (χ3v) is 5.03. The molecule has 0 aliphatic carbocycles. The molecule has 30 heavy (non-hydrogen) atoms. The van der Waals surface area contributed by atoms with Crippen LogP contribution in [0.15, 0.2) is 41.0 Å². The molecule has 1 aromatic carbocycles. The Morgan fingerprint density at radius 1 is 1.23 bits per heavy atom. The number of β-amino-alcohol motifs (C(OH)–C–C–N with tert-alkyl or cyclic N) is 1. The molecule has 1 atom stereocenters. The second kappa shape index (κ2) is 11.8. The Morgan fingerprint density at radius 3 is 2.70 bits per heavy atom. The van der Waals surface area contributed by atoms with Crippen LogP contribution in [-0.2, 0) is 17.9 Å². The first-order valence-electron chi connectivity index (χ1n) is 10.6. The summed E-state index contributed by atoms with van der Waals surface area (Å²) in [6, 6.07) is 9.97. The molecule has 0 spiro atoms. The normalized spacial score (nSPS) is 16.5. The highest BCUT2D eigenvalue weighted by Crippen LogP contribution is 2.10. The summed E-state index contributed by atoms with van der Waals surface area (Å²) >= 11 is 0. The average molecular weight is 417 g/mol. The zero-order valence-corrected chi connectivity index (χ0v) is 17.6. The van der Waals surface area contributed by atoms with E-state index in [1.165, 1.54) is 6.26 Å². The van der Waals surface area contributed by atoms with Crippen LogP contribution in [0.4, 0.5) is 0 Å². The minimum atomic E-state index is -0.504. The number of nitrogens with zero attached hydrogens (tertiary/aromatic N) is 3. The predicted molar refractivity (Wildman–Crippen MR) is 113 cm³/mol. The monoisotopic (exact) mass is 416 g/mol. The largest absolute Gasteiger partial charge is 0.447 e. The molecule has 3 rings (SSSR count). The number of benzene rings is 1. The van der Waals surface area contributed by atoms with Gasteiger partial charge in [0, 0.05) is 39.3 Å². The van der Waals surface area contributed by atoms with Crippen LogP contribution in [0, 0.1) is 0 Å². The van der Waals surface area contributed by atoms with Crippen LogP contribution < -0.4 is 5.32 Å². The van der Waals surface area contributed by atoms with E-state index < -0.39 is 6.10 Å². The van der Waals surface area contributed by atoms with Crippen molar-refractivity contribution >= 4 is 5.91 Å². The topological polar surface area (TPSA) is 91.1 Å². The Morgan fingerprint density at radius 2 is 1.97 bits per heavy atom. The third kappa shape index (κ3) is 7.21. The van der Waals surface area contributed by atoms with Gasteiger partial charge in [0.25, 0.3) is 5.91 Å². The maximum atomic E-state index is 11.9. The van der Waals surface area contributed by atoms with Crippen LogP contribution in [0.3, 0.4) is 0 Å². The van der Waals surface area contributed by atoms with Crippen LogP contribution in [-0.4, -0.2) is 77.8 Å². The van der Waals surface area contributed by atoms with Gasteiger partial charge in [-0.05, 0) is 12.0 Å². The summed E-state index contributed by atoms with van der Waals surface area (Å²) in [5.41, 5.74) is 1.44. The number of hydrogen-bond donors (Lipinski definition) is 2. The minimum absolute atomic E-state index is 0.194. The van der Waals surface area contributed by atoms with Gasteiger partial charge in [0.05, 0.1) is 25.9 Å². The number of oxazole rings is 1. The lowest BCUT2D eigenvalue weighted by Gasteiger charge is -2.34. The van der Waals surface area contributed by atoms with E-state index in [9.17, 15) is 9.90 Å². The molecule has 1 amide bonds. The molecular formula is C22H32N4O4. The van der Waals surface area contributed by atoms with E-state index in [0.29, 0.717) is 44.4 Å². The van der Waals surface area contributed by atoms with Crippen LogP contribution in [0.1, 0.15) is 35.3 Å². The second-order valence-corrected chi connectivity index (χ2v) is 7.61. The zero-order chi connectivity index (χ0) is 21.2. The van der Waals surface area contributed by atoms with Crippen LogP contribution >= 0.6 is 0 Å². The third-order valence-electron chi connectivity index (χ3n) is 5.03. The van der Waals surface area contributed by atoms with E-state index in [1.807, 2.05) is 37.3 Å². The van der Waals surface area contributed by atoms with E-state index in [0.717, 1.165) is 38.2 Å². The number of aromatic nitrogens is 1. The lowest BCUT2D eigenvalue weighted by Crippen LogP contribution is -2.48. The number of piperazine rings is 1. The van der Waals surface area contributed by atoms with Gasteiger partial charge in [-0.25, -0.2) is 4.98 Å². The maximum Gasteiger partial charge on any atom is 0.273 e. The SMILES string of the molecule is CCCNC(=O)c1coc(CN2CCN(CC(O)COCc3ccccc3)CC2)n1. The van der Waals surface area contributed by atoms with Crippen molar-refractivity contribution in [3.05, 3.63) is 53.7 Å². The molecule has 1 aliphatic heterocycles. The maximum absolute atomic E-state index is 11.9. The van der Waals surface area contributed by atoms with Crippen molar-refractivity contribution < 1.29 is 19.1 Å². The van der Waals surface area contributed by atoms with E-state index in [4.69, 9.17) is 9.15 Å². The summed E-state index contributed by atoms with van der Waals surface area (Å²) in [5, 5.41) is 13.1. The molecule has 1 fully saturated rings. The summed E-state index contributed by atoms with van der Waals surface area (Å²) in [4.78, 5) is 20.7. The van der Waals surface area contributed by atoms with Gasteiger partial charge in [-0.2, -0.15) is 0 Å². The Bertz CT molecular complexity index is 760. The van der Waals surface area contributed by atoms with Crippen LogP contribution in [0.2, 0.25) is 0 Å². The fourth-order valence-corrected chi connectivity index (χ4v) is 3.38. The molecule has 0 bridgehead atoms. The minimum Gasteiger partial charge on any atom is -0.447 e. The highest BCUT2D eigenvalue weighted by Gasteiger charge is 2.21. The number of amides is 1. The summed E-state index contributed by atoms with van der Waals surface area (Å²) in [6.45, 7) is 8.10. The van der Waals surface area contributed by atoms with Crippen LogP contribution in [0.5, 0.6) is 0 Å². The summed E-state index contributed by atoms with van der Waals surface area (Å²) < 4.78 is 11.1. The van der Waals surface area contributed by atoms with Gasteiger partial charge in [-0.15, -0.1) is 0 Å². The molecule has 2 heterocycles. The van der Waals surface area contributed by atoms with Crippen molar-refractivity contribution in [3.63, 3.8) is 0 Å². The van der Waals surface area contributed by atoms with Crippen molar-refractivity contribution in [2.45, 2.75) is 32.6 Å². The van der Waals surface area contributed by atoms with E-state index in [1.54, 1.807) is 0 Å². The summed E-state index contributed by atoms with van der Waals surface area (Å²) in [6.07, 6.45) is 1.80. The first kappa shape index (κ1) is 22.4. The zero-order valence-electron chi connectivity index (χ0n) is 17.6. The quantitative estimate of drug-likeness (QED) is 0.574. The van der Waals surface area contributed by atoms with E-state index in [2.05, 4.69) is 20.1 Å². The fraction of sp³-hybridized carbons (Fsp3) is 0.545. The van der Waals surface area contributed by atoms with Crippen molar-refractivity contribution in [3.8, 4) is 0 Å². The number of hydrogen-bond acceptors (Lipinski definition) is 7. The number of carbonyl (C=O) groups excluding carboxylic acids is 1. The Balaban J connectivity index is 1.32. The highest BCUT2D eigenvalue weighted by atomic mass is 16.5. The molecule has 8 heteroatoms. The molecule has 2 N–H and O–H groups in total. The number of aliphatic hydroxyl groups is 1. The van der Waals surface area contributed by atoms with Crippen molar-refractivity contribution in [2.75, 3.05) is 45.9 Å². The molecule has 2 aromatic rings. The lowest BCUT2D eigenvalue weighted by atomic mass is 10.2. The summed E-state index contributed by atoms with van der Waals surface area (Å²) in [5.74, 6) is 0.361. The van der Waals surface area contributed by atoms with Gasteiger partial charge in [-0.1, -0.05) is 37.3 Å². The Hall–Kier alpha value is -2.26. The first-order chi connectivity index (χ1) is 14.6. The van der Waals surface area contributed by atoms with Gasteiger partial charge >= 0.3 is 0 Å². The lowest BCUT2D eigenvalue weighted by molar-refractivity contribution is 0.000371. The van der Waals surface area contributed by atoms with Gasteiger partial charge in [0.1, 0.15) is 6.26 Å². The van der Waals surface area contributed by atoms with Gasteiger partial charge in [0.15, 0.2) is 5.69 Å². The van der Waals surface area contributed by atoms with Gasteiger partial charge in [-0.3, -0.25) is 14.6 Å². The van der Waals surface area contributed by atoms with Crippen molar-refractivity contribution in [1.82, 2.24) is 20.1 Å². The molecule has 164 valence electrons. The first-order valence-corrected chi connectivity index (χ1v) is 10.6. The van der Waals surface area contributed by atoms with Gasteiger partial charge < -0.3 is 19.6 Å². The molecule has 1 aliphatic rings. The molecule has 0 radical (unpaired) electrons. The number of rotatable bonds is 11. The van der Waals surface area contributed by atoms with Gasteiger partial charge in [0.2, 0.25) is 5.89 Å². The fourth-order valence-electron chi connectivity index (χ4n) is 3.38. The Kier molecular flexibility index (Phi) is 8.82.